The summed E-state index contributed by atoms with van der Waals surface area (Å²) in [6, 6.07) is 7.71. The minimum Gasteiger partial charge on any atom is -0.458 e. The van der Waals surface area contributed by atoms with Gasteiger partial charge in [-0.3, -0.25) is 9.59 Å². The number of ether oxygens (including phenoxy) is 3. The Labute approximate surface area is 196 Å². The lowest BCUT2D eigenvalue weighted by molar-refractivity contribution is -0.164. The Morgan fingerprint density at radius 2 is 1.79 bits per heavy atom. The van der Waals surface area contributed by atoms with Crippen LogP contribution in [0, 0.1) is 23.7 Å². The van der Waals surface area contributed by atoms with Crippen molar-refractivity contribution in [3.05, 3.63) is 35.4 Å². The fourth-order valence-corrected chi connectivity index (χ4v) is 5.72. The summed E-state index contributed by atoms with van der Waals surface area (Å²) in [6.07, 6.45) is 6.80. The van der Waals surface area contributed by atoms with Gasteiger partial charge in [0.1, 0.15) is 17.8 Å². The maximum atomic E-state index is 12.0. The van der Waals surface area contributed by atoms with E-state index in [4.69, 9.17) is 14.2 Å². The van der Waals surface area contributed by atoms with Crippen molar-refractivity contribution in [2.75, 3.05) is 0 Å². The number of fused-ring (bicyclic) bond motifs is 1. The second kappa shape index (κ2) is 9.47. The van der Waals surface area contributed by atoms with E-state index in [2.05, 4.69) is 6.92 Å². The molecule has 1 aliphatic heterocycles. The lowest BCUT2D eigenvalue weighted by atomic mass is 9.88. The third-order valence-corrected chi connectivity index (χ3v) is 7.74. The molecule has 6 nitrogen and oxygen atoms in total. The van der Waals surface area contributed by atoms with E-state index >= 15 is 0 Å². The molecule has 5 unspecified atom stereocenters. The van der Waals surface area contributed by atoms with Crippen LogP contribution in [0.1, 0.15) is 82.1 Å². The van der Waals surface area contributed by atoms with Crippen LogP contribution in [0.4, 0.5) is 0 Å². The molecular weight excluding hydrogens is 420 g/mol. The number of rotatable bonds is 5. The first kappa shape index (κ1) is 23.8. The summed E-state index contributed by atoms with van der Waals surface area (Å²) in [4.78, 5) is 35.0. The van der Waals surface area contributed by atoms with E-state index in [0.29, 0.717) is 17.4 Å². The summed E-state index contributed by atoms with van der Waals surface area (Å²) in [5.41, 5.74) is 1.67. The van der Waals surface area contributed by atoms with Crippen LogP contribution in [0.5, 0.6) is 0 Å². The average molecular weight is 457 g/mol. The van der Waals surface area contributed by atoms with Gasteiger partial charge in [0.15, 0.2) is 0 Å². The summed E-state index contributed by atoms with van der Waals surface area (Å²) in [7, 11) is 0. The highest BCUT2D eigenvalue weighted by Gasteiger charge is 2.63. The Balaban J connectivity index is 0.000000157. The molecule has 1 aromatic carbocycles. The van der Waals surface area contributed by atoms with E-state index in [9.17, 15) is 14.4 Å². The van der Waals surface area contributed by atoms with E-state index in [-0.39, 0.29) is 47.6 Å². The van der Waals surface area contributed by atoms with Crippen molar-refractivity contribution < 1.29 is 28.6 Å². The van der Waals surface area contributed by atoms with Crippen LogP contribution >= 0.6 is 0 Å². The lowest BCUT2D eigenvalue weighted by Crippen LogP contribution is -2.36. The smallest absolute Gasteiger partial charge is 0.338 e. The molecule has 180 valence electrons. The Kier molecular flexibility index (Phi) is 6.83. The summed E-state index contributed by atoms with van der Waals surface area (Å²) >= 11 is 0. The molecule has 0 radical (unpaired) electrons. The molecule has 1 saturated heterocycles. The highest BCUT2D eigenvalue weighted by molar-refractivity contribution is 5.89. The minimum atomic E-state index is -0.236. The van der Waals surface area contributed by atoms with Gasteiger partial charge in [-0.1, -0.05) is 32.9 Å². The van der Waals surface area contributed by atoms with Gasteiger partial charge in [-0.25, -0.2) is 4.79 Å². The van der Waals surface area contributed by atoms with E-state index < -0.39 is 0 Å². The molecule has 0 aromatic heterocycles. The van der Waals surface area contributed by atoms with E-state index in [1.807, 2.05) is 45.0 Å². The van der Waals surface area contributed by atoms with Crippen molar-refractivity contribution in [1.29, 1.82) is 0 Å². The number of carbonyl (C=O) groups excluding carboxylic acids is 3. The summed E-state index contributed by atoms with van der Waals surface area (Å²) in [5, 5.41) is 0. The first-order valence-electron chi connectivity index (χ1n) is 12.4. The molecule has 2 bridgehead atoms. The lowest BCUT2D eigenvalue weighted by Gasteiger charge is -2.25. The molecule has 5 rings (SSSR count). The highest BCUT2D eigenvalue weighted by Crippen LogP contribution is 2.55. The van der Waals surface area contributed by atoms with Gasteiger partial charge in [0.25, 0.3) is 0 Å². The Morgan fingerprint density at radius 3 is 2.39 bits per heavy atom. The van der Waals surface area contributed by atoms with Gasteiger partial charge in [0.2, 0.25) is 0 Å². The number of esters is 3. The maximum Gasteiger partial charge on any atom is 0.338 e. The Morgan fingerprint density at radius 1 is 1.12 bits per heavy atom. The Hall–Kier alpha value is -2.37. The standard InChI is InChI=1S/C15H20O2.C12H16O4/c1-3-12-6-8-13(9-7-12)14(16)17-15(2)10-4-5-11-15;1-5(2)11(13)15-9-6-3-7-8(4-6)12(14)16-10(7)9/h6-9H,3-5,10-11H2,1-2H3;5-10H,3-4H2,1-2H3. The maximum absolute atomic E-state index is 12.0. The van der Waals surface area contributed by atoms with Gasteiger partial charge in [-0.2, -0.15) is 0 Å². The third-order valence-electron chi connectivity index (χ3n) is 7.74. The quantitative estimate of drug-likeness (QED) is 0.464. The average Bonchev–Trinajstić information content (AvgIpc) is 3.53. The first-order valence-corrected chi connectivity index (χ1v) is 12.4. The Bertz CT molecular complexity index is 882. The van der Waals surface area contributed by atoms with Crippen LogP contribution < -0.4 is 0 Å². The number of aryl methyl sites for hydroxylation is 1. The second-order valence-corrected chi connectivity index (χ2v) is 10.6. The van der Waals surface area contributed by atoms with E-state index in [1.54, 1.807) is 0 Å². The molecule has 1 aromatic rings. The first-order chi connectivity index (χ1) is 15.7. The molecule has 3 aliphatic carbocycles. The zero-order chi connectivity index (χ0) is 23.8. The van der Waals surface area contributed by atoms with Crippen molar-refractivity contribution in [3.8, 4) is 0 Å². The predicted molar refractivity (Wildman–Crippen MR) is 122 cm³/mol. The zero-order valence-electron chi connectivity index (χ0n) is 20.2. The van der Waals surface area contributed by atoms with Crippen molar-refractivity contribution in [1.82, 2.24) is 0 Å². The normalized spacial score (nSPS) is 30.6. The van der Waals surface area contributed by atoms with Crippen LogP contribution in [0.3, 0.4) is 0 Å². The fraction of sp³-hybridized carbons (Fsp3) is 0.667. The molecule has 5 atom stereocenters. The third kappa shape index (κ3) is 4.95. The molecule has 3 saturated carbocycles. The number of benzene rings is 1. The molecule has 1 heterocycles. The molecule has 6 heteroatoms. The molecular formula is C27H36O6. The number of hydrogen-bond acceptors (Lipinski definition) is 6. The number of hydrogen-bond donors (Lipinski definition) is 0. The highest BCUT2D eigenvalue weighted by atomic mass is 16.6. The molecule has 4 fully saturated rings. The molecule has 0 amide bonds. The van der Waals surface area contributed by atoms with Crippen molar-refractivity contribution >= 4 is 17.9 Å². The van der Waals surface area contributed by atoms with E-state index in [1.165, 1.54) is 18.4 Å². The predicted octanol–water partition coefficient (Wildman–Crippen LogP) is 4.87. The SMILES string of the molecule is CC(C)C(=O)OC1C2CC3C(=O)OC1C3C2.CCc1ccc(C(=O)OC2(C)CCCC2)cc1. The summed E-state index contributed by atoms with van der Waals surface area (Å²) < 4.78 is 16.4. The zero-order valence-corrected chi connectivity index (χ0v) is 20.2. The monoisotopic (exact) mass is 456 g/mol. The topological polar surface area (TPSA) is 78.9 Å². The van der Waals surface area contributed by atoms with Crippen molar-refractivity contribution in [2.45, 2.75) is 90.4 Å². The molecule has 0 spiro atoms. The summed E-state index contributed by atoms with van der Waals surface area (Å²) in [5.74, 6) is 0.169. The van der Waals surface area contributed by atoms with Gasteiger partial charge in [0, 0.05) is 11.8 Å². The molecule has 33 heavy (non-hydrogen) atoms. The van der Waals surface area contributed by atoms with Crippen LogP contribution in [0.2, 0.25) is 0 Å². The largest absolute Gasteiger partial charge is 0.458 e. The van der Waals surface area contributed by atoms with Crippen LogP contribution in [-0.4, -0.2) is 35.7 Å². The van der Waals surface area contributed by atoms with Crippen molar-refractivity contribution in [2.24, 2.45) is 23.7 Å². The van der Waals surface area contributed by atoms with Crippen molar-refractivity contribution in [3.63, 3.8) is 0 Å². The molecule has 0 N–H and O–H groups in total. The van der Waals surface area contributed by atoms with Gasteiger partial charge < -0.3 is 14.2 Å². The van der Waals surface area contributed by atoms with Gasteiger partial charge in [-0.15, -0.1) is 0 Å². The second-order valence-electron chi connectivity index (χ2n) is 10.6. The van der Waals surface area contributed by atoms with Crippen LogP contribution in [0.25, 0.3) is 0 Å². The minimum absolute atomic E-state index is 0.0828. The number of carbonyl (C=O) groups is 3. The van der Waals surface area contributed by atoms with E-state index in [0.717, 1.165) is 32.1 Å². The van der Waals surface area contributed by atoms with Crippen LogP contribution in [0.15, 0.2) is 24.3 Å². The van der Waals surface area contributed by atoms with Gasteiger partial charge >= 0.3 is 17.9 Å². The van der Waals surface area contributed by atoms with Crippen LogP contribution in [-0.2, 0) is 30.2 Å². The van der Waals surface area contributed by atoms with Gasteiger partial charge in [0.05, 0.1) is 17.4 Å². The summed E-state index contributed by atoms with van der Waals surface area (Å²) in [6.45, 7) is 7.78. The van der Waals surface area contributed by atoms with Gasteiger partial charge in [-0.05, 0) is 69.6 Å². The fourth-order valence-electron chi connectivity index (χ4n) is 5.72. The molecule has 4 aliphatic rings.